The van der Waals surface area contributed by atoms with Crippen LogP contribution in [0.1, 0.15) is 17.4 Å². The average Bonchev–Trinajstić information content (AvgIpc) is 2.54. The number of rotatable bonds is 4. The van der Waals surface area contributed by atoms with Gasteiger partial charge in [0.05, 0.1) is 15.6 Å². The molecule has 0 radical (unpaired) electrons. The van der Waals surface area contributed by atoms with Crippen molar-refractivity contribution in [2.24, 2.45) is 16.9 Å². The van der Waals surface area contributed by atoms with Gasteiger partial charge in [-0.05, 0) is 6.07 Å². The quantitative estimate of drug-likeness (QED) is 0.743. The second kappa shape index (κ2) is 6.33. The molecular weight excluding hydrogens is 363 g/mol. The van der Waals surface area contributed by atoms with E-state index in [1.807, 2.05) is 4.90 Å². The molecule has 25 heavy (non-hydrogen) atoms. The van der Waals surface area contributed by atoms with E-state index in [-0.39, 0.29) is 27.5 Å². The van der Waals surface area contributed by atoms with Crippen molar-refractivity contribution < 1.29 is 4.79 Å². The number of aromatic nitrogens is 2. The Bertz CT molecular complexity index is 851. The second-order valence-electron chi connectivity index (χ2n) is 6.47. The first-order valence-electron chi connectivity index (χ1n) is 7.62. The Morgan fingerprint density at radius 1 is 1.32 bits per heavy atom. The van der Waals surface area contributed by atoms with Gasteiger partial charge in [-0.3, -0.25) is 4.79 Å². The lowest BCUT2D eigenvalue weighted by Gasteiger charge is -2.47. The van der Waals surface area contributed by atoms with Gasteiger partial charge in [0.1, 0.15) is 11.5 Å². The summed E-state index contributed by atoms with van der Waals surface area (Å²) in [5.74, 6) is -0.257. The van der Waals surface area contributed by atoms with Crippen LogP contribution in [-0.2, 0) is 0 Å². The monoisotopic (exact) mass is 380 g/mol. The Hall–Kier alpha value is -2.09. The molecule has 2 heterocycles. The summed E-state index contributed by atoms with van der Waals surface area (Å²) in [6.45, 7) is 3.98. The number of carbonyl (C=O) groups excluding carboxylic acids is 1. The van der Waals surface area contributed by atoms with Gasteiger partial charge in [-0.2, -0.15) is 4.98 Å². The Morgan fingerprint density at radius 3 is 2.60 bits per heavy atom. The van der Waals surface area contributed by atoms with E-state index in [0.29, 0.717) is 36.2 Å². The minimum absolute atomic E-state index is 0.0000558. The van der Waals surface area contributed by atoms with Crippen LogP contribution in [0.5, 0.6) is 0 Å². The number of nitrogens with zero attached hydrogens (tertiary/aromatic N) is 3. The van der Waals surface area contributed by atoms with Gasteiger partial charge < -0.3 is 22.1 Å². The van der Waals surface area contributed by atoms with Gasteiger partial charge in [0.25, 0.3) is 5.91 Å². The Balaban J connectivity index is 2.09. The van der Waals surface area contributed by atoms with Crippen molar-refractivity contribution in [1.82, 2.24) is 9.97 Å². The highest BCUT2D eigenvalue weighted by Gasteiger charge is 2.39. The number of hydrogen-bond acceptors (Lipinski definition) is 6. The van der Waals surface area contributed by atoms with Crippen molar-refractivity contribution in [2.75, 3.05) is 30.3 Å². The molecule has 6 N–H and O–H groups in total. The zero-order chi connectivity index (χ0) is 18.4. The van der Waals surface area contributed by atoms with E-state index in [2.05, 4.69) is 16.9 Å². The fourth-order valence-corrected chi connectivity index (χ4v) is 3.29. The molecule has 1 amide bonds. The molecule has 0 atom stereocenters. The lowest BCUT2D eigenvalue weighted by Crippen LogP contribution is -2.58. The van der Waals surface area contributed by atoms with Crippen molar-refractivity contribution in [1.29, 1.82) is 0 Å². The fraction of sp³-hybridized carbons (Fsp3) is 0.312. The van der Waals surface area contributed by atoms with E-state index in [4.69, 9.17) is 40.4 Å². The standard InChI is InChI=1S/C16H18Cl2N6O/c1-16(5-19)6-24(7-16)15-22-12(14(21)25)10(13(20)23-15)8-3-2-4-9(17)11(8)18/h2-4H,5-7,19H2,1H3,(H2,21,25)(H2,20,22,23). The highest BCUT2D eigenvalue weighted by atomic mass is 35.5. The van der Waals surface area contributed by atoms with Gasteiger partial charge in [0.2, 0.25) is 5.95 Å². The summed E-state index contributed by atoms with van der Waals surface area (Å²) < 4.78 is 0. The predicted molar refractivity (Wildman–Crippen MR) is 99.8 cm³/mol. The number of amides is 1. The third-order valence-corrected chi connectivity index (χ3v) is 5.12. The third-order valence-electron chi connectivity index (χ3n) is 4.30. The Kier molecular flexibility index (Phi) is 4.49. The van der Waals surface area contributed by atoms with E-state index >= 15 is 0 Å². The van der Waals surface area contributed by atoms with Gasteiger partial charge in [0.15, 0.2) is 0 Å². The van der Waals surface area contributed by atoms with Crippen LogP contribution in [0, 0.1) is 5.41 Å². The number of anilines is 2. The zero-order valence-corrected chi connectivity index (χ0v) is 15.1. The first kappa shape index (κ1) is 17.7. The van der Waals surface area contributed by atoms with Gasteiger partial charge in [0, 0.05) is 30.6 Å². The molecule has 132 valence electrons. The summed E-state index contributed by atoms with van der Waals surface area (Å²) in [4.78, 5) is 22.5. The molecule has 1 aliphatic heterocycles. The molecule has 3 rings (SSSR count). The van der Waals surface area contributed by atoms with Crippen LogP contribution < -0.4 is 22.1 Å². The number of nitrogen functional groups attached to an aromatic ring is 1. The molecular formula is C16H18Cl2N6O. The summed E-state index contributed by atoms with van der Waals surface area (Å²) in [7, 11) is 0. The zero-order valence-electron chi connectivity index (χ0n) is 13.6. The van der Waals surface area contributed by atoms with Gasteiger partial charge >= 0.3 is 0 Å². The maximum Gasteiger partial charge on any atom is 0.268 e. The number of carbonyl (C=O) groups is 1. The number of primary amides is 1. The van der Waals surface area contributed by atoms with Crippen LogP contribution in [0.3, 0.4) is 0 Å². The molecule has 7 nitrogen and oxygen atoms in total. The van der Waals surface area contributed by atoms with Crippen LogP contribution in [0.2, 0.25) is 10.0 Å². The molecule has 0 saturated carbocycles. The molecule has 0 spiro atoms. The van der Waals surface area contributed by atoms with Crippen molar-refractivity contribution in [2.45, 2.75) is 6.92 Å². The second-order valence-corrected chi connectivity index (χ2v) is 7.25. The average molecular weight is 381 g/mol. The predicted octanol–water partition coefficient (Wildman–Crippen LogP) is 1.92. The molecule has 1 saturated heterocycles. The van der Waals surface area contributed by atoms with Crippen LogP contribution in [-0.4, -0.2) is 35.5 Å². The van der Waals surface area contributed by atoms with E-state index in [9.17, 15) is 4.79 Å². The van der Waals surface area contributed by atoms with Crippen molar-refractivity contribution in [3.8, 4) is 11.1 Å². The van der Waals surface area contributed by atoms with Crippen LogP contribution in [0.4, 0.5) is 11.8 Å². The maximum absolute atomic E-state index is 12.0. The molecule has 2 aromatic rings. The van der Waals surface area contributed by atoms with Crippen molar-refractivity contribution in [3.63, 3.8) is 0 Å². The van der Waals surface area contributed by atoms with E-state index in [1.165, 1.54) is 0 Å². The van der Waals surface area contributed by atoms with Crippen molar-refractivity contribution >= 4 is 40.9 Å². The van der Waals surface area contributed by atoms with E-state index < -0.39 is 5.91 Å². The normalized spacial score (nSPS) is 15.8. The molecule has 1 aliphatic rings. The summed E-state index contributed by atoms with van der Waals surface area (Å²) in [6.07, 6.45) is 0. The summed E-state index contributed by atoms with van der Waals surface area (Å²) in [6, 6.07) is 5.02. The molecule has 1 aromatic carbocycles. The van der Waals surface area contributed by atoms with Crippen LogP contribution in [0.15, 0.2) is 18.2 Å². The third kappa shape index (κ3) is 3.10. The Morgan fingerprint density at radius 2 is 2.00 bits per heavy atom. The molecule has 0 aliphatic carbocycles. The number of benzene rings is 1. The summed E-state index contributed by atoms with van der Waals surface area (Å²) in [5.41, 5.74) is 18.1. The summed E-state index contributed by atoms with van der Waals surface area (Å²) in [5, 5.41) is 0.592. The SMILES string of the molecule is CC1(CN)CN(c2nc(N)c(-c3cccc(Cl)c3Cl)c(C(N)=O)n2)C1. The van der Waals surface area contributed by atoms with Gasteiger partial charge in [-0.1, -0.05) is 42.3 Å². The first-order chi connectivity index (χ1) is 11.8. The van der Waals surface area contributed by atoms with Crippen LogP contribution in [0.25, 0.3) is 11.1 Å². The number of hydrogen-bond donors (Lipinski definition) is 3. The lowest BCUT2D eigenvalue weighted by atomic mass is 9.82. The molecule has 1 fully saturated rings. The summed E-state index contributed by atoms with van der Waals surface area (Å²) >= 11 is 12.3. The molecule has 0 unspecified atom stereocenters. The highest BCUT2D eigenvalue weighted by molar-refractivity contribution is 6.44. The van der Waals surface area contributed by atoms with Crippen LogP contribution >= 0.6 is 23.2 Å². The van der Waals surface area contributed by atoms with Crippen molar-refractivity contribution in [3.05, 3.63) is 33.9 Å². The van der Waals surface area contributed by atoms with Gasteiger partial charge in [-0.15, -0.1) is 0 Å². The fourth-order valence-electron chi connectivity index (χ4n) is 2.89. The smallest absolute Gasteiger partial charge is 0.268 e. The molecule has 0 bridgehead atoms. The lowest BCUT2D eigenvalue weighted by molar-refractivity contribution is 0.0996. The largest absolute Gasteiger partial charge is 0.383 e. The first-order valence-corrected chi connectivity index (χ1v) is 8.38. The highest BCUT2D eigenvalue weighted by Crippen LogP contribution is 2.39. The minimum atomic E-state index is -0.719. The van der Waals surface area contributed by atoms with Gasteiger partial charge in [-0.25, -0.2) is 4.98 Å². The minimum Gasteiger partial charge on any atom is -0.383 e. The Labute approximate surface area is 155 Å². The molecule has 1 aromatic heterocycles. The van der Waals surface area contributed by atoms with E-state index in [0.717, 1.165) is 0 Å². The molecule has 9 heteroatoms. The topological polar surface area (TPSA) is 124 Å². The number of nitrogens with two attached hydrogens (primary N) is 3. The van der Waals surface area contributed by atoms with E-state index in [1.54, 1.807) is 18.2 Å². The number of halogens is 2. The maximum atomic E-state index is 12.0.